The molecule has 2 N–H and O–H groups in total. The van der Waals surface area contributed by atoms with E-state index in [1.807, 2.05) is 0 Å². The molecule has 0 aromatic carbocycles. The third-order valence-corrected chi connectivity index (χ3v) is 7.24. The van der Waals surface area contributed by atoms with Gasteiger partial charge < -0.3 is 5.32 Å². The van der Waals surface area contributed by atoms with Gasteiger partial charge in [0.1, 0.15) is 5.54 Å². The highest BCUT2D eigenvalue weighted by molar-refractivity contribution is 7.91. The quantitative estimate of drug-likeness (QED) is 0.734. The molecule has 0 radical (unpaired) electrons. The number of nitrogens with zero attached hydrogens (tertiary/aromatic N) is 2. The summed E-state index contributed by atoms with van der Waals surface area (Å²) in [7, 11) is -3.78. The number of hydrogen-bond acceptors (Lipinski definition) is 6. The van der Waals surface area contributed by atoms with Gasteiger partial charge in [-0.25, -0.2) is 18.2 Å². The molecule has 2 fully saturated rings. The average Bonchev–Trinajstić information content (AvgIpc) is 3.01. The molecule has 1 spiro atoms. The zero-order valence-corrected chi connectivity index (χ0v) is 13.2. The van der Waals surface area contributed by atoms with Gasteiger partial charge in [-0.05, 0) is 13.3 Å². The number of imide groups is 1. The van der Waals surface area contributed by atoms with Crippen LogP contribution in [0.1, 0.15) is 12.1 Å². The molecule has 0 saturated carbocycles. The molecule has 1 atom stereocenters. The van der Waals surface area contributed by atoms with Crippen LogP contribution in [0.15, 0.2) is 4.21 Å². The van der Waals surface area contributed by atoms with Gasteiger partial charge in [-0.2, -0.15) is 4.31 Å². The van der Waals surface area contributed by atoms with Gasteiger partial charge in [0, 0.05) is 13.1 Å². The van der Waals surface area contributed by atoms with Crippen LogP contribution in [-0.4, -0.2) is 48.3 Å². The number of hydrogen-bond donors (Lipinski definition) is 2. The smallest absolute Gasteiger partial charge is 0.322 e. The van der Waals surface area contributed by atoms with Crippen LogP contribution in [0.3, 0.4) is 0 Å². The molecule has 3 amide bonds. The lowest BCUT2D eigenvalue weighted by Crippen LogP contribution is -2.49. The lowest BCUT2D eigenvalue weighted by atomic mass is 10.00. The molecule has 114 valence electrons. The molecule has 1 unspecified atom stereocenters. The molecule has 2 aliphatic heterocycles. The van der Waals surface area contributed by atoms with Crippen molar-refractivity contribution in [3.63, 3.8) is 0 Å². The minimum atomic E-state index is -3.78. The van der Waals surface area contributed by atoms with E-state index in [0.29, 0.717) is 5.69 Å². The molecule has 0 bridgehead atoms. The summed E-state index contributed by atoms with van der Waals surface area (Å²) in [5.74, 6) is -0.496. The number of rotatable bonds is 2. The summed E-state index contributed by atoms with van der Waals surface area (Å²) in [4.78, 5) is 27.0. The molecule has 2 aliphatic rings. The zero-order valence-electron chi connectivity index (χ0n) is 10.8. The van der Waals surface area contributed by atoms with E-state index >= 15 is 0 Å². The van der Waals surface area contributed by atoms with Crippen LogP contribution in [0, 0.1) is 6.92 Å². The third kappa shape index (κ3) is 2.22. The number of sulfonamides is 1. The number of carbonyl (C=O) groups is 2. The second-order valence-corrected chi connectivity index (χ2v) is 8.63. The number of halogens is 1. The topological polar surface area (TPSA) is 108 Å². The first-order valence-electron chi connectivity index (χ1n) is 6.01. The van der Waals surface area contributed by atoms with Crippen molar-refractivity contribution in [2.45, 2.75) is 23.1 Å². The maximum absolute atomic E-state index is 12.6. The van der Waals surface area contributed by atoms with E-state index < -0.39 is 27.5 Å². The lowest BCUT2D eigenvalue weighted by molar-refractivity contribution is -0.123. The predicted octanol–water partition coefficient (Wildman–Crippen LogP) is 0.0775. The highest BCUT2D eigenvalue weighted by atomic mass is 35.5. The maximum Gasteiger partial charge on any atom is 0.322 e. The summed E-state index contributed by atoms with van der Waals surface area (Å²) >= 11 is 6.62. The Bertz CT molecular complexity index is 746. The van der Waals surface area contributed by atoms with E-state index in [0.717, 1.165) is 11.3 Å². The molecule has 11 heteroatoms. The Balaban J connectivity index is 1.91. The van der Waals surface area contributed by atoms with Crippen LogP contribution in [0.2, 0.25) is 4.47 Å². The van der Waals surface area contributed by atoms with E-state index in [1.54, 1.807) is 6.92 Å². The van der Waals surface area contributed by atoms with Gasteiger partial charge in [0.25, 0.3) is 15.9 Å². The van der Waals surface area contributed by atoms with E-state index in [2.05, 4.69) is 15.6 Å². The van der Waals surface area contributed by atoms with Crippen molar-refractivity contribution in [1.29, 1.82) is 0 Å². The van der Waals surface area contributed by atoms with Crippen molar-refractivity contribution in [1.82, 2.24) is 19.9 Å². The first kappa shape index (κ1) is 14.7. The fourth-order valence-electron chi connectivity index (χ4n) is 2.50. The highest BCUT2D eigenvalue weighted by Crippen LogP contribution is 2.34. The number of carbonyl (C=O) groups excluding carboxylic acids is 2. The number of amides is 3. The molecular formula is C10H11ClN4O4S2. The van der Waals surface area contributed by atoms with E-state index in [4.69, 9.17) is 11.6 Å². The SMILES string of the molecule is Cc1nc(Cl)sc1S(=O)(=O)N1CCC2(C1)NC(=O)NC2=O. The molecule has 1 aromatic heterocycles. The molecule has 3 heterocycles. The minimum absolute atomic E-state index is 0.0641. The van der Waals surface area contributed by atoms with E-state index in [9.17, 15) is 18.0 Å². The average molecular weight is 351 g/mol. The Morgan fingerprint density at radius 1 is 1.43 bits per heavy atom. The number of aryl methyl sites for hydroxylation is 1. The molecule has 3 rings (SSSR count). The first-order valence-corrected chi connectivity index (χ1v) is 8.65. The summed E-state index contributed by atoms with van der Waals surface area (Å²) in [6.45, 7) is 1.61. The highest BCUT2D eigenvalue weighted by Gasteiger charge is 2.53. The van der Waals surface area contributed by atoms with Crippen LogP contribution in [0.4, 0.5) is 4.79 Å². The lowest BCUT2D eigenvalue weighted by Gasteiger charge is -2.20. The third-order valence-electron chi connectivity index (χ3n) is 3.55. The Hall–Kier alpha value is -1.23. The van der Waals surface area contributed by atoms with Crippen molar-refractivity contribution < 1.29 is 18.0 Å². The zero-order chi connectivity index (χ0) is 15.4. The van der Waals surface area contributed by atoms with Gasteiger partial charge in [-0.1, -0.05) is 22.9 Å². The molecular weight excluding hydrogens is 340 g/mol. The summed E-state index contributed by atoms with van der Waals surface area (Å²) in [5.41, 5.74) is -0.849. The second kappa shape index (κ2) is 4.63. The summed E-state index contributed by atoms with van der Waals surface area (Å²) in [6.07, 6.45) is 0.232. The predicted molar refractivity (Wildman–Crippen MR) is 74.6 cm³/mol. The number of thiazole rings is 1. The normalized spacial score (nSPS) is 26.4. The first-order chi connectivity index (χ1) is 9.74. The fraction of sp³-hybridized carbons (Fsp3) is 0.500. The van der Waals surface area contributed by atoms with E-state index in [-0.39, 0.29) is 28.2 Å². The molecule has 0 aliphatic carbocycles. The Kier molecular flexibility index (Phi) is 3.24. The van der Waals surface area contributed by atoms with Gasteiger partial charge in [-0.3, -0.25) is 10.1 Å². The molecule has 2 saturated heterocycles. The Morgan fingerprint density at radius 3 is 2.67 bits per heavy atom. The summed E-state index contributed by atoms with van der Waals surface area (Å²) < 4.78 is 26.6. The maximum atomic E-state index is 12.6. The standard InChI is InChI=1S/C10H11ClN4O4S2/c1-5-6(20-8(11)12-5)21(18,19)15-3-2-10(4-15)7(16)13-9(17)14-10/h2-4H2,1H3,(H2,13,14,16,17). The van der Waals surface area contributed by atoms with Crippen molar-refractivity contribution in [2.75, 3.05) is 13.1 Å². The molecule has 8 nitrogen and oxygen atoms in total. The van der Waals surface area contributed by atoms with E-state index in [1.165, 1.54) is 4.31 Å². The summed E-state index contributed by atoms with van der Waals surface area (Å²) in [6, 6.07) is -0.601. The second-order valence-electron chi connectivity index (χ2n) is 4.92. The van der Waals surface area contributed by atoms with Crippen molar-refractivity contribution in [2.24, 2.45) is 0 Å². The molecule has 1 aromatic rings. The Morgan fingerprint density at radius 2 is 2.14 bits per heavy atom. The fourth-order valence-corrected chi connectivity index (χ4v) is 5.88. The van der Waals surface area contributed by atoms with Gasteiger partial charge in [-0.15, -0.1) is 0 Å². The van der Waals surface area contributed by atoms with Gasteiger partial charge in [0.15, 0.2) is 8.68 Å². The van der Waals surface area contributed by atoms with Gasteiger partial charge >= 0.3 is 6.03 Å². The number of nitrogens with one attached hydrogen (secondary N) is 2. The van der Waals surface area contributed by atoms with Crippen LogP contribution in [0.5, 0.6) is 0 Å². The van der Waals surface area contributed by atoms with Crippen molar-refractivity contribution in [3.8, 4) is 0 Å². The van der Waals surface area contributed by atoms with Gasteiger partial charge in [0.2, 0.25) is 0 Å². The minimum Gasteiger partial charge on any atom is -0.322 e. The summed E-state index contributed by atoms with van der Waals surface area (Å²) in [5, 5.41) is 4.64. The van der Waals surface area contributed by atoms with Crippen LogP contribution in [0.25, 0.3) is 0 Å². The van der Waals surface area contributed by atoms with Crippen molar-refractivity contribution >= 4 is 44.9 Å². The van der Waals surface area contributed by atoms with Crippen molar-refractivity contribution in [3.05, 3.63) is 10.2 Å². The van der Waals surface area contributed by atoms with Crippen LogP contribution >= 0.6 is 22.9 Å². The van der Waals surface area contributed by atoms with Crippen LogP contribution < -0.4 is 10.6 Å². The largest absolute Gasteiger partial charge is 0.322 e. The van der Waals surface area contributed by atoms with Crippen LogP contribution in [-0.2, 0) is 14.8 Å². The van der Waals surface area contributed by atoms with Gasteiger partial charge in [0.05, 0.1) is 5.69 Å². The monoisotopic (exact) mass is 350 g/mol. The number of aromatic nitrogens is 1. The molecule has 21 heavy (non-hydrogen) atoms. The Labute approximate surface area is 129 Å². The number of urea groups is 1.